The first-order chi connectivity index (χ1) is 10.9. The lowest BCUT2D eigenvalue weighted by Crippen LogP contribution is -2.28. The molecule has 122 valence electrons. The molecule has 9 heteroatoms. The lowest BCUT2D eigenvalue weighted by atomic mass is 10.2. The summed E-state index contributed by atoms with van der Waals surface area (Å²) in [7, 11) is 0. The summed E-state index contributed by atoms with van der Waals surface area (Å²) in [5.74, 6) is -0.444. The Kier molecular flexibility index (Phi) is 5.38. The van der Waals surface area contributed by atoms with Gasteiger partial charge in [0, 0.05) is 24.2 Å². The van der Waals surface area contributed by atoms with Gasteiger partial charge >= 0.3 is 6.18 Å². The predicted molar refractivity (Wildman–Crippen MR) is 76.3 cm³/mol. The van der Waals surface area contributed by atoms with Gasteiger partial charge < -0.3 is 10.1 Å². The Labute approximate surface area is 134 Å². The number of amides is 1. The van der Waals surface area contributed by atoms with Crippen LogP contribution in [0.25, 0.3) is 0 Å². The van der Waals surface area contributed by atoms with Crippen molar-refractivity contribution in [3.63, 3.8) is 0 Å². The van der Waals surface area contributed by atoms with Crippen LogP contribution < -0.4 is 10.1 Å². The molecule has 0 saturated carbocycles. The van der Waals surface area contributed by atoms with Crippen LogP contribution in [-0.2, 0) is 6.18 Å². The maximum absolute atomic E-state index is 12.5. The zero-order valence-electron chi connectivity index (χ0n) is 11.6. The fraction of sp³-hybridized carbons (Fsp3) is 0.214. The van der Waals surface area contributed by atoms with Crippen molar-refractivity contribution in [2.75, 3.05) is 13.2 Å². The molecule has 1 amide bonds. The van der Waals surface area contributed by atoms with Crippen LogP contribution in [0.2, 0.25) is 5.02 Å². The molecule has 0 atom stereocenters. The molecule has 1 N–H and O–H groups in total. The van der Waals surface area contributed by atoms with Crippen LogP contribution in [0.15, 0.2) is 36.8 Å². The molecule has 5 nitrogen and oxygen atoms in total. The van der Waals surface area contributed by atoms with Crippen LogP contribution in [0.4, 0.5) is 13.2 Å². The van der Waals surface area contributed by atoms with E-state index in [9.17, 15) is 18.0 Å². The van der Waals surface area contributed by atoms with E-state index in [1.807, 2.05) is 0 Å². The molecule has 2 rings (SSSR count). The molecule has 0 spiro atoms. The highest BCUT2D eigenvalue weighted by Crippen LogP contribution is 2.32. The maximum Gasteiger partial charge on any atom is 0.417 e. The van der Waals surface area contributed by atoms with E-state index in [1.165, 1.54) is 12.4 Å². The van der Waals surface area contributed by atoms with E-state index in [0.29, 0.717) is 11.8 Å². The van der Waals surface area contributed by atoms with Crippen molar-refractivity contribution < 1.29 is 22.7 Å². The highest BCUT2D eigenvalue weighted by atomic mass is 35.5. The highest BCUT2D eigenvalue weighted by molar-refractivity contribution is 6.31. The van der Waals surface area contributed by atoms with E-state index in [2.05, 4.69) is 15.3 Å². The maximum atomic E-state index is 12.5. The molecule has 0 aromatic carbocycles. The first-order valence-electron chi connectivity index (χ1n) is 6.41. The number of nitrogens with zero attached hydrogens (tertiary/aromatic N) is 2. The normalized spacial score (nSPS) is 11.1. The Balaban J connectivity index is 1.84. The van der Waals surface area contributed by atoms with Gasteiger partial charge in [0.15, 0.2) is 0 Å². The lowest BCUT2D eigenvalue weighted by molar-refractivity contribution is -0.137. The van der Waals surface area contributed by atoms with Crippen LogP contribution in [0, 0.1) is 0 Å². The fourth-order valence-corrected chi connectivity index (χ4v) is 1.83. The Hall–Kier alpha value is -2.35. The van der Waals surface area contributed by atoms with Crippen molar-refractivity contribution in [3.05, 3.63) is 52.9 Å². The van der Waals surface area contributed by atoms with Crippen molar-refractivity contribution in [1.29, 1.82) is 0 Å². The number of carbonyl (C=O) groups excluding carboxylic acids is 1. The van der Waals surface area contributed by atoms with Gasteiger partial charge in [-0.15, -0.1) is 0 Å². The molecule has 0 unspecified atom stereocenters. The molecule has 0 aliphatic carbocycles. The summed E-state index contributed by atoms with van der Waals surface area (Å²) in [6.07, 6.45) is -0.918. The summed E-state index contributed by atoms with van der Waals surface area (Å²) >= 11 is 5.69. The van der Waals surface area contributed by atoms with Crippen LogP contribution in [0.3, 0.4) is 0 Å². The van der Waals surface area contributed by atoms with E-state index in [4.69, 9.17) is 16.3 Å². The molecule has 23 heavy (non-hydrogen) atoms. The summed E-state index contributed by atoms with van der Waals surface area (Å²) in [6, 6.07) is 3.83. The Bertz CT molecular complexity index is 681. The number of pyridine rings is 2. The smallest absolute Gasteiger partial charge is 0.417 e. The van der Waals surface area contributed by atoms with Crippen molar-refractivity contribution >= 4 is 17.5 Å². The van der Waals surface area contributed by atoms with E-state index in [0.717, 1.165) is 6.07 Å². The standard InChI is InChI=1S/C14H11ClF3N3O2/c15-11-7-10(14(16,17)18)8-21-13(11)23-6-5-20-12(22)9-1-3-19-4-2-9/h1-4,7-8H,5-6H2,(H,20,22). The SMILES string of the molecule is O=C(NCCOc1ncc(C(F)(F)F)cc1Cl)c1ccncc1. The predicted octanol–water partition coefficient (Wildman–Crippen LogP) is 2.96. The molecule has 0 radical (unpaired) electrons. The zero-order valence-corrected chi connectivity index (χ0v) is 12.4. The first kappa shape index (κ1) is 17.0. The average Bonchev–Trinajstić information content (AvgIpc) is 2.52. The number of halogens is 4. The topological polar surface area (TPSA) is 64.1 Å². The molecule has 2 aromatic heterocycles. The number of rotatable bonds is 5. The molecule has 0 aliphatic heterocycles. The van der Waals surface area contributed by atoms with Crippen LogP contribution in [-0.4, -0.2) is 29.0 Å². The molecule has 0 saturated heterocycles. The van der Waals surface area contributed by atoms with E-state index in [1.54, 1.807) is 12.1 Å². The van der Waals surface area contributed by atoms with Gasteiger partial charge in [-0.1, -0.05) is 11.6 Å². The largest absolute Gasteiger partial charge is 0.475 e. The fourth-order valence-electron chi connectivity index (χ4n) is 1.60. The zero-order chi connectivity index (χ0) is 16.9. The van der Waals surface area contributed by atoms with Crippen molar-refractivity contribution in [1.82, 2.24) is 15.3 Å². The number of ether oxygens (including phenoxy) is 1. The van der Waals surface area contributed by atoms with Crippen molar-refractivity contribution in [2.45, 2.75) is 6.18 Å². The monoisotopic (exact) mass is 345 g/mol. The third-order valence-electron chi connectivity index (χ3n) is 2.70. The molecule has 0 bridgehead atoms. The number of nitrogens with one attached hydrogen (secondary N) is 1. The number of hydrogen-bond donors (Lipinski definition) is 1. The van der Waals surface area contributed by atoms with Crippen LogP contribution >= 0.6 is 11.6 Å². The summed E-state index contributed by atoms with van der Waals surface area (Å²) < 4.78 is 42.5. The molecule has 2 heterocycles. The van der Waals surface area contributed by atoms with Gasteiger partial charge in [0.1, 0.15) is 11.6 Å². The second kappa shape index (κ2) is 7.28. The molecule has 0 aliphatic rings. The Morgan fingerprint density at radius 3 is 2.61 bits per heavy atom. The van der Waals surface area contributed by atoms with Crippen LogP contribution in [0.5, 0.6) is 5.88 Å². The van der Waals surface area contributed by atoms with Gasteiger partial charge in [-0.05, 0) is 18.2 Å². The molecular formula is C14H11ClF3N3O2. The molecule has 2 aromatic rings. The number of carbonyl (C=O) groups is 1. The van der Waals surface area contributed by atoms with E-state index in [-0.39, 0.29) is 30.0 Å². The van der Waals surface area contributed by atoms with Gasteiger partial charge in [0.25, 0.3) is 5.91 Å². The van der Waals surface area contributed by atoms with Gasteiger partial charge in [0.05, 0.1) is 12.1 Å². The summed E-state index contributed by atoms with van der Waals surface area (Å²) in [5.41, 5.74) is -0.522. The third kappa shape index (κ3) is 4.82. The minimum atomic E-state index is -4.52. The number of hydrogen-bond acceptors (Lipinski definition) is 4. The number of alkyl halides is 3. The van der Waals surface area contributed by atoms with E-state index >= 15 is 0 Å². The van der Waals surface area contributed by atoms with Gasteiger partial charge in [-0.25, -0.2) is 4.98 Å². The average molecular weight is 346 g/mol. The quantitative estimate of drug-likeness (QED) is 0.846. The summed E-state index contributed by atoms with van der Waals surface area (Å²) in [5, 5.41) is 2.33. The molecule has 0 fully saturated rings. The first-order valence-corrected chi connectivity index (χ1v) is 6.79. The number of aromatic nitrogens is 2. The van der Waals surface area contributed by atoms with Gasteiger partial charge in [-0.3, -0.25) is 9.78 Å². The van der Waals surface area contributed by atoms with Crippen molar-refractivity contribution in [2.24, 2.45) is 0 Å². The Morgan fingerprint density at radius 1 is 1.30 bits per heavy atom. The summed E-state index contributed by atoms with van der Waals surface area (Å²) in [4.78, 5) is 19.0. The Morgan fingerprint density at radius 2 is 2.00 bits per heavy atom. The van der Waals surface area contributed by atoms with Crippen molar-refractivity contribution in [3.8, 4) is 5.88 Å². The highest BCUT2D eigenvalue weighted by Gasteiger charge is 2.31. The van der Waals surface area contributed by atoms with E-state index < -0.39 is 11.7 Å². The van der Waals surface area contributed by atoms with Gasteiger partial charge in [-0.2, -0.15) is 13.2 Å². The lowest BCUT2D eigenvalue weighted by Gasteiger charge is -2.10. The second-order valence-electron chi connectivity index (χ2n) is 4.35. The third-order valence-corrected chi connectivity index (χ3v) is 2.97. The minimum absolute atomic E-state index is 0.00884. The van der Waals surface area contributed by atoms with Gasteiger partial charge in [0.2, 0.25) is 5.88 Å². The molecular weight excluding hydrogens is 335 g/mol. The van der Waals surface area contributed by atoms with Crippen LogP contribution in [0.1, 0.15) is 15.9 Å². The summed E-state index contributed by atoms with van der Waals surface area (Å²) in [6.45, 7) is 0.148. The second-order valence-corrected chi connectivity index (χ2v) is 4.76. The minimum Gasteiger partial charge on any atom is -0.475 e.